The Morgan fingerprint density at radius 2 is 1.71 bits per heavy atom. The molecule has 0 spiro atoms. The Labute approximate surface area is 167 Å². The van der Waals surface area contributed by atoms with Crippen LogP contribution >= 0.6 is 0 Å². The molecule has 3 rings (SSSR count). The number of methoxy groups -OCH3 is 2. The Hall–Kier alpha value is -2.53. The van der Waals surface area contributed by atoms with Gasteiger partial charge in [0.1, 0.15) is 0 Å². The van der Waals surface area contributed by atoms with Gasteiger partial charge in [-0.1, -0.05) is 30.3 Å². The molecule has 0 unspecified atom stereocenters. The fraction of sp³-hybridized carbons (Fsp3) is 0.435. The van der Waals surface area contributed by atoms with E-state index in [9.17, 15) is 4.79 Å². The normalized spacial score (nSPS) is 15.2. The van der Waals surface area contributed by atoms with Crippen LogP contribution in [0, 0.1) is 6.92 Å². The van der Waals surface area contributed by atoms with Gasteiger partial charge in [0.15, 0.2) is 11.5 Å². The number of nitrogens with zero attached hydrogens (tertiary/aromatic N) is 1. The molecule has 1 heterocycles. The van der Waals surface area contributed by atoms with Gasteiger partial charge < -0.3 is 14.8 Å². The smallest absolute Gasteiger partial charge is 0.224 e. The second-order valence-electron chi connectivity index (χ2n) is 7.41. The molecule has 0 atom stereocenters. The summed E-state index contributed by atoms with van der Waals surface area (Å²) in [5.41, 5.74) is 3.34. The number of hydrogen-bond donors (Lipinski definition) is 1. The number of benzene rings is 2. The van der Waals surface area contributed by atoms with E-state index < -0.39 is 0 Å². The molecule has 1 aliphatic rings. The highest BCUT2D eigenvalue weighted by Gasteiger charge is 2.21. The topological polar surface area (TPSA) is 50.8 Å². The quantitative estimate of drug-likeness (QED) is 0.798. The first-order valence-electron chi connectivity index (χ1n) is 9.86. The van der Waals surface area contributed by atoms with Crippen LogP contribution in [0.3, 0.4) is 0 Å². The first-order chi connectivity index (χ1) is 13.6. The van der Waals surface area contributed by atoms with Crippen LogP contribution in [0.4, 0.5) is 0 Å². The first kappa shape index (κ1) is 20.2. The SMILES string of the molecule is COc1cc(C)c(CC(=O)NC2CCN(Cc3ccccc3)CC2)cc1OC. The minimum atomic E-state index is 0.0665. The zero-order valence-corrected chi connectivity index (χ0v) is 17.0. The molecule has 0 aliphatic carbocycles. The number of ether oxygens (including phenoxy) is 2. The summed E-state index contributed by atoms with van der Waals surface area (Å²) in [7, 11) is 3.23. The van der Waals surface area contributed by atoms with E-state index >= 15 is 0 Å². The van der Waals surface area contributed by atoms with Crippen molar-refractivity contribution in [2.45, 2.75) is 38.8 Å². The highest BCUT2D eigenvalue weighted by Crippen LogP contribution is 2.30. The van der Waals surface area contributed by atoms with Crippen molar-refractivity contribution >= 4 is 5.91 Å². The number of piperidine rings is 1. The lowest BCUT2D eigenvalue weighted by molar-refractivity contribution is -0.121. The van der Waals surface area contributed by atoms with Crippen LogP contribution in [0.15, 0.2) is 42.5 Å². The lowest BCUT2D eigenvalue weighted by Crippen LogP contribution is -2.44. The van der Waals surface area contributed by atoms with E-state index in [1.807, 2.05) is 25.1 Å². The fourth-order valence-electron chi connectivity index (χ4n) is 3.74. The van der Waals surface area contributed by atoms with Gasteiger partial charge in [0.25, 0.3) is 0 Å². The maximum Gasteiger partial charge on any atom is 0.224 e. The molecule has 0 saturated carbocycles. The van der Waals surface area contributed by atoms with Gasteiger partial charge in [-0.25, -0.2) is 0 Å². The third kappa shape index (κ3) is 5.26. The summed E-state index contributed by atoms with van der Waals surface area (Å²) in [6.45, 7) is 4.99. The predicted molar refractivity (Wildman–Crippen MR) is 111 cm³/mol. The van der Waals surface area contributed by atoms with Crippen molar-refractivity contribution in [2.24, 2.45) is 0 Å². The predicted octanol–water partition coefficient (Wildman–Crippen LogP) is 3.34. The molecule has 2 aromatic carbocycles. The molecule has 0 aromatic heterocycles. The number of likely N-dealkylation sites (tertiary alicyclic amines) is 1. The van der Waals surface area contributed by atoms with Crippen LogP contribution in [0.5, 0.6) is 11.5 Å². The zero-order valence-electron chi connectivity index (χ0n) is 17.0. The number of amides is 1. The van der Waals surface area contributed by atoms with Gasteiger partial charge in [-0.15, -0.1) is 0 Å². The number of rotatable bonds is 7. The van der Waals surface area contributed by atoms with Crippen LogP contribution in [0.1, 0.15) is 29.5 Å². The van der Waals surface area contributed by atoms with Crippen molar-refractivity contribution < 1.29 is 14.3 Å². The second kappa shape index (κ2) is 9.60. The van der Waals surface area contributed by atoms with Crippen LogP contribution in [0.2, 0.25) is 0 Å². The molecule has 1 N–H and O–H groups in total. The lowest BCUT2D eigenvalue weighted by atomic mass is 10.0. The number of carbonyl (C=O) groups excluding carboxylic acids is 1. The van der Waals surface area contributed by atoms with Crippen LogP contribution in [-0.2, 0) is 17.8 Å². The molecular weight excluding hydrogens is 352 g/mol. The Balaban J connectivity index is 1.50. The fourth-order valence-corrected chi connectivity index (χ4v) is 3.74. The monoisotopic (exact) mass is 382 g/mol. The maximum absolute atomic E-state index is 12.6. The van der Waals surface area contributed by atoms with Crippen molar-refractivity contribution in [3.8, 4) is 11.5 Å². The molecule has 2 aromatic rings. The van der Waals surface area contributed by atoms with E-state index in [2.05, 4.69) is 34.5 Å². The molecule has 28 heavy (non-hydrogen) atoms. The van der Waals surface area contributed by atoms with Crippen molar-refractivity contribution in [3.05, 3.63) is 59.2 Å². The van der Waals surface area contributed by atoms with E-state index in [0.29, 0.717) is 17.9 Å². The maximum atomic E-state index is 12.6. The first-order valence-corrected chi connectivity index (χ1v) is 9.86. The number of nitrogens with one attached hydrogen (secondary N) is 1. The summed E-state index contributed by atoms with van der Waals surface area (Å²) in [6.07, 6.45) is 2.34. The minimum Gasteiger partial charge on any atom is -0.493 e. The van der Waals surface area contributed by atoms with Crippen molar-refractivity contribution in [2.75, 3.05) is 27.3 Å². The molecular formula is C23H30N2O3. The zero-order chi connectivity index (χ0) is 19.9. The highest BCUT2D eigenvalue weighted by atomic mass is 16.5. The van der Waals surface area contributed by atoms with Crippen LogP contribution in [-0.4, -0.2) is 44.2 Å². The molecule has 1 amide bonds. The molecule has 150 valence electrons. The Bertz CT molecular complexity index is 784. The average molecular weight is 383 g/mol. The summed E-state index contributed by atoms with van der Waals surface area (Å²) in [4.78, 5) is 15.0. The molecule has 0 radical (unpaired) electrons. The van der Waals surface area contributed by atoms with E-state index in [-0.39, 0.29) is 11.9 Å². The minimum absolute atomic E-state index is 0.0665. The Morgan fingerprint density at radius 3 is 2.36 bits per heavy atom. The standard InChI is InChI=1S/C23H30N2O3/c1-17-13-21(27-2)22(28-3)14-19(17)15-23(26)24-20-9-11-25(12-10-20)16-18-7-5-4-6-8-18/h4-8,13-14,20H,9-12,15-16H2,1-3H3,(H,24,26). The number of hydrogen-bond acceptors (Lipinski definition) is 4. The Kier molecular flexibility index (Phi) is 6.93. The second-order valence-corrected chi connectivity index (χ2v) is 7.41. The van der Waals surface area contributed by atoms with Gasteiger partial charge in [-0.05, 0) is 48.6 Å². The van der Waals surface area contributed by atoms with E-state index in [4.69, 9.17) is 9.47 Å². The van der Waals surface area contributed by atoms with Crippen LogP contribution in [0.25, 0.3) is 0 Å². The lowest BCUT2D eigenvalue weighted by Gasteiger charge is -2.32. The van der Waals surface area contributed by atoms with Gasteiger partial charge >= 0.3 is 0 Å². The molecule has 5 nitrogen and oxygen atoms in total. The summed E-state index contributed by atoms with van der Waals surface area (Å²) < 4.78 is 10.7. The molecule has 1 fully saturated rings. The van der Waals surface area contributed by atoms with Crippen molar-refractivity contribution in [1.29, 1.82) is 0 Å². The van der Waals surface area contributed by atoms with Gasteiger partial charge in [0, 0.05) is 25.7 Å². The molecule has 5 heteroatoms. The molecule has 1 saturated heterocycles. The van der Waals surface area contributed by atoms with Crippen molar-refractivity contribution in [3.63, 3.8) is 0 Å². The van der Waals surface area contributed by atoms with Gasteiger partial charge in [-0.3, -0.25) is 9.69 Å². The summed E-state index contributed by atoms with van der Waals surface area (Å²) in [6, 6.07) is 14.6. The third-order valence-corrected chi connectivity index (χ3v) is 5.39. The number of aryl methyl sites for hydroxylation is 1. The molecule has 1 aliphatic heterocycles. The average Bonchev–Trinajstić information content (AvgIpc) is 2.71. The Morgan fingerprint density at radius 1 is 1.07 bits per heavy atom. The highest BCUT2D eigenvalue weighted by molar-refractivity contribution is 5.79. The summed E-state index contributed by atoms with van der Waals surface area (Å²) in [5.74, 6) is 1.41. The largest absolute Gasteiger partial charge is 0.493 e. The summed E-state index contributed by atoms with van der Waals surface area (Å²) in [5, 5.41) is 3.21. The van der Waals surface area contributed by atoms with Crippen LogP contribution < -0.4 is 14.8 Å². The van der Waals surface area contributed by atoms with Gasteiger partial charge in [0.2, 0.25) is 5.91 Å². The third-order valence-electron chi connectivity index (χ3n) is 5.39. The van der Waals surface area contributed by atoms with Crippen molar-refractivity contribution in [1.82, 2.24) is 10.2 Å². The van der Waals surface area contributed by atoms with Gasteiger partial charge in [-0.2, -0.15) is 0 Å². The number of carbonyl (C=O) groups is 1. The van der Waals surface area contributed by atoms with Gasteiger partial charge in [0.05, 0.1) is 20.6 Å². The summed E-state index contributed by atoms with van der Waals surface area (Å²) >= 11 is 0. The molecule has 0 bridgehead atoms. The van der Waals surface area contributed by atoms with E-state index in [1.165, 1.54) is 5.56 Å². The van der Waals surface area contributed by atoms with E-state index in [0.717, 1.165) is 43.6 Å². The van der Waals surface area contributed by atoms with E-state index in [1.54, 1.807) is 14.2 Å².